The summed E-state index contributed by atoms with van der Waals surface area (Å²) < 4.78 is 2.06. The van der Waals surface area contributed by atoms with Crippen molar-refractivity contribution in [3.05, 3.63) is 57.7 Å². The number of fused-ring (bicyclic) bond motifs is 1. The zero-order valence-electron chi connectivity index (χ0n) is 10.7. The molecule has 0 bridgehead atoms. The van der Waals surface area contributed by atoms with E-state index in [1.807, 2.05) is 18.2 Å². The summed E-state index contributed by atoms with van der Waals surface area (Å²) in [7, 11) is 0. The highest BCUT2D eigenvalue weighted by Gasteiger charge is 2.19. The highest BCUT2D eigenvalue weighted by Crippen LogP contribution is 2.27. The second kappa shape index (κ2) is 5.16. The maximum Gasteiger partial charge on any atom is 0.197 e. The highest BCUT2D eigenvalue weighted by molar-refractivity contribution is 5.32. The lowest BCUT2D eigenvalue weighted by Gasteiger charge is -2.14. The highest BCUT2D eigenvalue weighted by atomic mass is 15.3. The molecule has 1 aliphatic carbocycles. The second-order valence-electron chi connectivity index (χ2n) is 4.77. The van der Waals surface area contributed by atoms with Crippen LogP contribution in [-0.4, -0.2) is 9.55 Å². The van der Waals surface area contributed by atoms with Crippen molar-refractivity contribution in [2.45, 2.75) is 32.2 Å². The van der Waals surface area contributed by atoms with Crippen molar-refractivity contribution < 1.29 is 0 Å². The third-order valence-corrected chi connectivity index (χ3v) is 3.53. The molecule has 0 N–H and O–H groups in total. The minimum atomic E-state index is 0.498. The van der Waals surface area contributed by atoms with Crippen LogP contribution in [0.2, 0.25) is 0 Å². The molecule has 1 heterocycles. The first-order valence-electron chi connectivity index (χ1n) is 6.56. The minimum Gasteiger partial charge on any atom is -0.322 e. The quantitative estimate of drug-likeness (QED) is 0.466. The molecule has 19 heavy (non-hydrogen) atoms. The molecule has 0 unspecified atom stereocenters. The van der Waals surface area contributed by atoms with Crippen LogP contribution in [0.1, 0.15) is 29.8 Å². The lowest BCUT2D eigenvalue weighted by molar-refractivity contribution is 0.629. The molecular weight excluding hydrogens is 238 g/mol. The van der Waals surface area contributed by atoms with Crippen molar-refractivity contribution in [3.8, 4) is 0 Å². The molecule has 3 rings (SSSR count). The first-order valence-corrected chi connectivity index (χ1v) is 6.56. The molecule has 5 heteroatoms. The van der Waals surface area contributed by atoms with Gasteiger partial charge in [-0.2, -0.15) is 0 Å². The molecule has 0 spiro atoms. The number of hydrogen-bond acceptors (Lipinski definition) is 2. The first-order chi connectivity index (χ1) is 9.38. The molecular formula is C14H15N5. The lowest BCUT2D eigenvalue weighted by atomic mass is 10.0. The van der Waals surface area contributed by atoms with Crippen molar-refractivity contribution >= 4 is 5.95 Å². The molecule has 96 valence electrons. The van der Waals surface area contributed by atoms with Gasteiger partial charge in [-0.25, -0.2) is 4.98 Å². The van der Waals surface area contributed by atoms with E-state index >= 15 is 0 Å². The van der Waals surface area contributed by atoms with Crippen LogP contribution in [0, 0.1) is 0 Å². The maximum absolute atomic E-state index is 8.68. The number of benzene rings is 1. The van der Waals surface area contributed by atoms with Crippen LogP contribution in [0.5, 0.6) is 0 Å². The molecule has 1 aromatic carbocycles. The van der Waals surface area contributed by atoms with Gasteiger partial charge >= 0.3 is 0 Å². The van der Waals surface area contributed by atoms with Gasteiger partial charge in [0, 0.05) is 17.2 Å². The lowest BCUT2D eigenvalue weighted by Crippen LogP contribution is -2.09. The Morgan fingerprint density at radius 1 is 1.21 bits per heavy atom. The van der Waals surface area contributed by atoms with Gasteiger partial charge in [0.15, 0.2) is 5.95 Å². The number of aromatic nitrogens is 2. The van der Waals surface area contributed by atoms with Gasteiger partial charge in [-0.15, -0.1) is 0 Å². The molecule has 0 saturated carbocycles. The SMILES string of the molecule is [N-]=[N+]=Nc1nc2c(n1Cc1ccccc1)CCCC2. The van der Waals surface area contributed by atoms with Gasteiger partial charge in [-0.05, 0) is 41.9 Å². The molecule has 0 radical (unpaired) electrons. The van der Waals surface area contributed by atoms with Gasteiger partial charge in [0.25, 0.3) is 0 Å². The number of aryl methyl sites for hydroxylation is 1. The largest absolute Gasteiger partial charge is 0.322 e. The average molecular weight is 253 g/mol. The second-order valence-corrected chi connectivity index (χ2v) is 4.77. The Morgan fingerprint density at radius 2 is 2.00 bits per heavy atom. The number of rotatable bonds is 3. The Kier molecular flexibility index (Phi) is 3.21. The van der Waals surface area contributed by atoms with Crippen molar-refractivity contribution in [2.24, 2.45) is 5.11 Å². The first kappa shape index (κ1) is 11.8. The van der Waals surface area contributed by atoms with Gasteiger partial charge in [-0.3, -0.25) is 0 Å². The van der Waals surface area contributed by atoms with Crippen molar-refractivity contribution in [2.75, 3.05) is 0 Å². The average Bonchev–Trinajstić information content (AvgIpc) is 2.79. The van der Waals surface area contributed by atoms with E-state index in [2.05, 4.69) is 31.7 Å². The molecule has 0 amide bonds. The summed E-state index contributed by atoms with van der Waals surface area (Å²) in [5.74, 6) is 0.498. The van der Waals surface area contributed by atoms with Crippen LogP contribution in [0.25, 0.3) is 10.4 Å². The predicted octanol–water partition coefficient (Wildman–Crippen LogP) is 3.75. The topological polar surface area (TPSA) is 66.6 Å². The Bertz CT molecular complexity index is 623. The monoisotopic (exact) mass is 253 g/mol. The summed E-state index contributed by atoms with van der Waals surface area (Å²) in [4.78, 5) is 7.37. The van der Waals surface area contributed by atoms with Gasteiger partial charge in [0.1, 0.15) is 0 Å². The van der Waals surface area contributed by atoms with E-state index in [-0.39, 0.29) is 0 Å². The fourth-order valence-electron chi connectivity index (χ4n) is 2.63. The number of hydrogen-bond donors (Lipinski definition) is 0. The van der Waals surface area contributed by atoms with E-state index in [1.54, 1.807) is 0 Å². The molecule has 5 nitrogen and oxygen atoms in total. The van der Waals surface area contributed by atoms with E-state index in [1.165, 1.54) is 24.1 Å². The molecule has 0 aliphatic heterocycles. The molecule has 1 aromatic heterocycles. The summed E-state index contributed by atoms with van der Waals surface area (Å²) in [6, 6.07) is 10.2. The van der Waals surface area contributed by atoms with Crippen molar-refractivity contribution in [3.63, 3.8) is 0 Å². The summed E-state index contributed by atoms with van der Waals surface area (Å²) in [6.07, 6.45) is 4.37. The molecule has 1 aliphatic rings. The summed E-state index contributed by atoms with van der Waals surface area (Å²) in [5.41, 5.74) is 12.2. The van der Waals surface area contributed by atoms with Crippen molar-refractivity contribution in [1.82, 2.24) is 9.55 Å². The standard InChI is InChI=1S/C14H15N5/c15-18-17-14-16-12-8-4-5-9-13(12)19(14)10-11-6-2-1-3-7-11/h1-3,6-7H,4-5,8-10H2. The Hall–Kier alpha value is -2.26. The fourth-order valence-corrected chi connectivity index (χ4v) is 2.63. The normalized spacial score (nSPS) is 13.7. The van der Waals surface area contributed by atoms with Crippen molar-refractivity contribution in [1.29, 1.82) is 0 Å². The number of nitrogens with zero attached hydrogens (tertiary/aromatic N) is 5. The summed E-state index contributed by atoms with van der Waals surface area (Å²) in [6.45, 7) is 0.720. The smallest absolute Gasteiger partial charge is 0.197 e. The summed E-state index contributed by atoms with van der Waals surface area (Å²) in [5, 5.41) is 3.74. The van der Waals surface area contributed by atoms with Crippen LogP contribution in [0.4, 0.5) is 5.95 Å². The fraction of sp³-hybridized carbons (Fsp3) is 0.357. The molecule has 0 atom stereocenters. The van der Waals surface area contributed by atoms with Crippen LogP contribution in [0.15, 0.2) is 35.4 Å². The Balaban J connectivity index is 2.03. The number of imidazole rings is 1. The van der Waals surface area contributed by atoms with Gasteiger partial charge in [-0.1, -0.05) is 30.3 Å². The summed E-state index contributed by atoms with van der Waals surface area (Å²) >= 11 is 0. The third-order valence-electron chi connectivity index (χ3n) is 3.53. The predicted molar refractivity (Wildman–Crippen MR) is 73.2 cm³/mol. The van der Waals surface area contributed by atoms with Crippen LogP contribution in [-0.2, 0) is 19.4 Å². The molecule has 0 fully saturated rings. The minimum absolute atomic E-state index is 0.498. The van der Waals surface area contributed by atoms with Gasteiger partial charge in [0.2, 0.25) is 0 Å². The van der Waals surface area contributed by atoms with E-state index in [9.17, 15) is 0 Å². The maximum atomic E-state index is 8.68. The van der Waals surface area contributed by atoms with E-state index in [0.717, 1.165) is 25.1 Å². The van der Waals surface area contributed by atoms with E-state index in [4.69, 9.17) is 5.53 Å². The van der Waals surface area contributed by atoms with Gasteiger partial charge in [0.05, 0.1) is 5.69 Å². The third kappa shape index (κ3) is 2.33. The molecule has 2 aromatic rings. The van der Waals surface area contributed by atoms with Crippen LogP contribution >= 0.6 is 0 Å². The zero-order valence-corrected chi connectivity index (χ0v) is 10.7. The van der Waals surface area contributed by atoms with Gasteiger partial charge < -0.3 is 4.57 Å². The van der Waals surface area contributed by atoms with E-state index < -0.39 is 0 Å². The molecule has 0 saturated heterocycles. The Morgan fingerprint density at radius 3 is 2.79 bits per heavy atom. The number of azide groups is 1. The Labute approximate surface area is 111 Å². The zero-order chi connectivity index (χ0) is 13.1. The van der Waals surface area contributed by atoms with E-state index in [0.29, 0.717) is 5.95 Å². The van der Waals surface area contributed by atoms with Crippen LogP contribution in [0.3, 0.4) is 0 Å². The van der Waals surface area contributed by atoms with Crippen LogP contribution < -0.4 is 0 Å².